The van der Waals surface area contributed by atoms with Crippen molar-refractivity contribution in [2.75, 3.05) is 19.0 Å². The molecule has 0 fully saturated rings. The summed E-state index contributed by atoms with van der Waals surface area (Å²) in [6.07, 6.45) is 0. The number of nitrogens with zero attached hydrogens (tertiary/aromatic N) is 2. The molecule has 6 heteroatoms. The number of thioether (sulfide) groups is 1. The predicted octanol–water partition coefficient (Wildman–Crippen LogP) is 1.96. The molecule has 1 aliphatic rings. The van der Waals surface area contributed by atoms with Gasteiger partial charge in [-0.2, -0.15) is 0 Å². The second-order valence-corrected chi connectivity index (χ2v) is 5.10. The Bertz CT molecular complexity index is 522. The van der Waals surface area contributed by atoms with Gasteiger partial charge in [-0.05, 0) is 26.0 Å². The van der Waals surface area contributed by atoms with E-state index in [4.69, 9.17) is 0 Å². The van der Waals surface area contributed by atoms with E-state index in [2.05, 4.69) is 10.3 Å². The van der Waals surface area contributed by atoms with Crippen molar-refractivity contribution >= 4 is 28.7 Å². The van der Waals surface area contributed by atoms with Gasteiger partial charge in [0, 0.05) is 13.1 Å². The quantitative estimate of drug-likeness (QED) is 0.523. The van der Waals surface area contributed by atoms with Crippen molar-refractivity contribution in [2.24, 2.45) is 4.99 Å². The molecule has 2 amide bonds. The third-order valence-corrected chi connectivity index (χ3v) is 3.77. The van der Waals surface area contributed by atoms with Crippen LogP contribution in [0.2, 0.25) is 0 Å². The number of carbonyl (C=O) groups is 2. The van der Waals surface area contributed by atoms with Gasteiger partial charge in [-0.25, -0.2) is 0 Å². The molecule has 1 heterocycles. The number of hydrogen-bond acceptors (Lipinski definition) is 4. The highest BCUT2D eigenvalue weighted by molar-refractivity contribution is 8.13. The zero-order valence-corrected chi connectivity index (χ0v) is 12.4. The van der Waals surface area contributed by atoms with Crippen LogP contribution < -0.4 is 5.32 Å². The first-order valence-corrected chi connectivity index (χ1v) is 7.54. The second-order valence-electron chi connectivity index (χ2n) is 4.17. The first kappa shape index (κ1) is 14.6. The molecular weight excluding hydrogens is 274 g/mol. The standard InChI is InChI=1S/C14H17N3O2S/c1-3-15-14(16-4-2)20-9-17-12(18)10-7-5-6-8-11(10)13(17)19/h5-8H,3-4,9H2,1-2H3,(H,15,16). The Hall–Kier alpha value is -1.82. The monoisotopic (exact) mass is 291 g/mol. The Labute approximate surface area is 122 Å². The zero-order valence-electron chi connectivity index (χ0n) is 11.5. The summed E-state index contributed by atoms with van der Waals surface area (Å²) in [5.74, 6) is -0.186. The maximum Gasteiger partial charge on any atom is 0.262 e. The van der Waals surface area contributed by atoms with Crippen LogP contribution in [0.1, 0.15) is 34.6 Å². The van der Waals surface area contributed by atoms with E-state index in [9.17, 15) is 9.59 Å². The highest BCUT2D eigenvalue weighted by atomic mass is 32.2. The summed E-state index contributed by atoms with van der Waals surface area (Å²) in [7, 11) is 0. The fourth-order valence-electron chi connectivity index (χ4n) is 1.93. The van der Waals surface area contributed by atoms with E-state index >= 15 is 0 Å². The van der Waals surface area contributed by atoms with Gasteiger partial charge in [-0.1, -0.05) is 23.9 Å². The number of amides is 2. The van der Waals surface area contributed by atoms with Crippen molar-refractivity contribution in [1.29, 1.82) is 0 Å². The minimum absolute atomic E-state index is 0.231. The Kier molecular flexibility index (Phi) is 4.79. The molecule has 0 atom stereocenters. The molecule has 0 bridgehead atoms. The van der Waals surface area contributed by atoms with E-state index < -0.39 is 0 Å². The molecule has 0 aromatic heterocycles. The summed E-state index contributed by atoms with van der Waals surface area (Å²) in [5, 5.41) is 3.88. The van der Waals surface area contributed by atoms with Crippen molar-refractivity contribution in [3.63, 3.8) is 0 Å². The third kappa shape index (κ3) is 2.85. The van der Waals surface area contributed by atoms with Crippen molar-refractivity contribution in [1.82, 2.24) is 10.2 Å². The summed E-state index contributed by atoms with van der Waals surface area (Å²) < 4.78 is 0. The fourth-order valence-corrected chi connectivity index (χ4v) is 2.88. The molecule has 0 unspecified atom stereocenters. The number of fused-ring (bicyclic) bond motifs is 1. The van der Waals surface area contributed by atoms with Crippen LogP contribution in [-0.2, 0) is 0 Å². The number of amidine groups is 1. The SMILES string of the molecule is CCN=C(NCC)SCN1C(=O)c2ccccc2C1=O. The number of hydrogen-bond donors (Lipinski definition) is 1. The number of benzene rings is 1. The molecule has 1 aromatic rings. The lowest BCUT2D eigenvalue weighted by atomic mass is 10.1. The normalized spacial score (nSPS) is 14.7. The number of imide groups is 1. The van der Waals surface area contributed by atoms with Gasteiger partial charge >= 0.3 is 0 Å². The first-order valence-electron chi connectivity index (χ1n) is 6.55. The molecule has 0 saturated carbocycles. The van der Waals surface area contributed by atoms with Crippen LogP contribution in [0.25, 0.3) is 0 Å². The lowest BCUT2D eigenvalue weighted by Gasteiger charge is -2.14. The van der Waals surface area contributed by atoms with Gasteiger partial charge in [0.05, 0.1) is 17.0 Å². The molecule has 1 N–H and O–H groups in total. The zero-order chi connectivity index (χ0) is 14.5. The lowest BCUT2D eigenvalue weighted by molar-refractivity contribution is 0.0684. The number of carbonyl (C=O) groups excluding carboxylic acids is 2. The summed E-state index contributed by atoms with van der Waals surface area (Å²) in [5.41, 5.74) is 0.964. The van der Waals surface area contributed by atoms with Crippen molar-refractivity contribution < 1.29 is 9.59 Å². The van der Waals surface area contributed by atoms with E-state index in [1.165, 1.54) is 16.7 Å². The molecule has 5 nitrogen and oxygen atoms in total. The maximum atomic E-state index is 12.2. The van der Waals surface area contributed by atoms with Crippen LogP contribution in [0.3, 0.4) is 0 Å². The molecule has 0 spiro atoms. The van der Waals surface area contributed by atoms with Gasteiger partial charge in [-0.15, -0.1) is 0 Å². The van der Waals surface area contributed by atoms with Crippen molar-refractivity contribution in [3.8, 4) is 0 Å². The Morgan fingerprint density at radius 2 is 1.80 bits per heavy atom. The highest BCUT2D eigenvalue weighted by Crippen LogP contribution is 2.24. The highest BCUT2D eigenvalue weighted by Gasteiger charge is 2.35. The van der Waals surface area contributed by atoms with Crippen molar-refractivity contribution in [3.05, 3.63) is 35.4 Å². The van der Waals surface area contributed by atoms with Gasteiger partial charge in [0.1, 0.15) is 0 Å². The Balaban J connectivity index is 2.07. The molecule has 0 radical (unpaired) electrons. The molecular formula is C14H17N3O2S. The van der Waals surface area contributed by atoms with E-state index in [0.29, 0.717) is 17.7 Å². The van der Waals surface area contributed by atoms with Crippen LogP contribution in [-0.4, -0.2) is 40.8 Å². The molecule has 0 aliphatic carbocycles. The smallest absolute Gasteiger partial charge is 0.262 e. The van der Waals surface area contributed by atoms with E-state index in [0.717, 1.165) is 11.7 Å². The maximum absolute atomic E-state index is 12.2. The Morgan fingerprint density at radius 1 is 1.20 bits per heavy atom. The van der Waals surface area contributed by atoms with Gasteiger partial charge in [-0.3, -0.25) is 19.5 Å². The number of nitrogens with one attached hydrogen (secondary N) is 1. The average molecular weight is 291 g/mol. The average Bonchev–Trinajstić information content (AvgIpc) is 2.70. The fraction of sp³-hybridized carbons (Fsp3) is 0.357. The first-order chi connectivity index (χ1) is 9.69. The third-order valence-electron chi connectivity index (χ3n) is 2.84. The van der Waals surface area contributed by atoms with Gasteiger partial charge in [0.2, 0.25) is 0 Å². The molecule has 2 rings (SSSR count). The van der Waals surface area contributed by atoms with E-state index in [-0.39, 0.29) is 17.7 Å². The molecule has 20 heavy (non-hydrogen) atoms. The van der Waals surface area contributed by atoms with Crippen LogP contribution in [0.4, 0.5) is 0 Å². The van der Waals surface area contributed by atoms with Crippen LogP contribution >= 0.6 is 11.8 Å². The van der Waals surface area contributed by atoms with Crippen LogP contribution in [0.15, 0.2) is 29.3 Å². The van der Waals surface area contributed by atoms with Gasteiger partial charge in [0.25, 0.3) is 11.8 Å². The summed E-state index contributed by atoms with van der Waals surface area (Å²) >= 11 is 1.37. The molecule has 1 aliphatic heterocycles. The van der Waals surface area contributed by atoms with Gasteiger partial charge < -0.3 is 5.32 Å². The minimum Gasteiger partial charge on any atom is -0.365 e. The molecule has 0 saturated heterocycles. The van der Waals surface area contributed by atoms with E-state index in [1.807, 2.05) is 13.8 Å². The second kappa shape index (κ2) is 6.56. The molecule has 106 valence electrons. The minimum atomic E-state index is -0.231. The lowest BCUT2D eigenvalue weighted by Crippen LogP contribution is -2.31. The Morgan fingerprint density at radius 3 is 2.30 bits per heavy atom. The van der Waals surface area contributed by atoms with Crippen molar-refractivity contribution in [2.45, 2.75) is 13.8 Å². The summed E-state index contributed by atoms with van der Waals surface area (Å²) in [6.45, 7) is 5.35. The van der Waals surface area contributed by atoms with Crippen LogP contribution in [0, 0.1) is 0 Å². The number of aliphatic imine (C=N–C) groups is 1. The molecule has 1 aromatic carbocycles. The largest absolute Gasteiger partial charge is 0.365 e. The van der Waals surface area contributed by atoms with Crippen LogP contribution in [0.5, 0.6) is 0 Å². The predicted molar refractivity (Wildman–Crippen MR) is 81.1 cm³/mol. The topological polar surface area (TPSA) is 61.8 Å². The van der Waals surface area contributed by atoms with E-state index in [1.54, 1.807) is 24.3 Å². The number of rotatable bonds is 4. The summed E-state index contributed by atoms with van der Waals surface area (Å²) in [6, 6.07) is 6.91. The summed E-state index contributed by atoms with van der Waals surface area (Å²) in [4.78, 5) is 29.9. The van der Waals surface area contributed by atoms with Gasteiger partial charge in [0.15, 0.2) is 5.17 Å².